The molecule has 0 saturated carbocycles. The molecule has 0 spiro atoms. The first kappa shape index (κ1) is 16.3. The molecule has 5 heteroatoms. The van der Waals surface area contributed by atoms with Crippen LogP contribution in [0.3, 0.4) is 0 Å². The van der Waals surface area contributed by atoms with Gasteiger partial charge in [-0.15, -0.1) is 0 Å². The van der Waals surface area contributed by atoms with Gasteiger partial charge in [0.2, 0.25) is 0 Å². The molecular formula is C15H25N3O2. The highest BCUT2D eigenvalue weighted by atomic mass is 16.4. The minimum atomic E-state index is -1.05. The van der Waals surface area contributed by atoms with Crippen LogP contribution in [0.1, 0.15) is 49.0 Å². The normalized spacial score (nSPS) is 12.3. The molecule has 0 aliphatic heterocycles. The lowest BCUT2D eigenvalue weighted by Crippen LogP contribution is -2.27. The third-order valence-electron chi connectivity index (χ3n) is 3.48. The van der Waals surface area contributed by atoms with Crippen LogP contribution < -0.4 is 16.8 Å². The lowest BCUT2D eigenvalue weighted by atomic mass is 10.0. The van der Waals surface area contributed by atoms with Gasteiger partial charge in [0.05, 0.1) is 16.9 Å². The number of hydrogen-bond donors (Lipinski definition) is 4. The summed E-state index contributed by atoms with van der Waals surface area (Å²) in [4.78, 5) is 11.0. The van der Waals surface area contributed by atoms with Crippen molar-refractivity contribution in [1.29, 1.82) is 0 Å². The Morgan fingerprint density at radius 2 is 2.05 bits per heavy atom. The molecule has 0 aliphatic carbocycles. The Kier molecular flexibility index (Phi) is 6.31. The molecular weight excluding hydrogens is 254 g/mol. The van der Waals surface area contributed by atoms with Gasteiger partial charge < -0.3 is 21.9 Å². The molecule has 20 heavy (non-hydrogen) atoms. The van der Waals surface area contributed by atoms with Crippen LogP contribution in [0.4, 0.5) is 11.4 Å². The van der Waals surface area contributed by atoms with E-state index in [4.69, 9.17) is 16.6 Å². The van der Waals surface area contributed by atoms with E-state index in [9.17, 15) is 4.79 Å². The van der Waals surface area contributed by atoms with Crippen molar-refractivity contribution in [2.75, 3.05) is 18.0 Å². The zero-order chi connectivity index (χ0) is 15.1. The van der Waals surface area contributed by atoms with Gasteiger partial charge in [0.15, 0.2) is 0 Å². The molecule has 112 valence electrons. The van der Waals surface area contributed by atoms with E-state index in [0.29, 0.717) is 11.7 Å². The van der Waals surface area contributed by atoms with Gasteiger partial charge in [0.1, 0.15) is 0 Å². The number of nitrogens with one attached hydrogen (secondary N) is 1. The molecule has 6 N–H and O–H groups in total. The maximum Gasteiger partial charge on any atom is 0.337 e. The summed E-state index contributed by atoms with van der Waals surface area (Å²) in [5.41, 5.74) is 13.2. The number of nitrogens with two attached hydrogens (primary N) is 2. The highest BCUT2D eigenvalue weighted by molar-refractivity contribution is 5.97. The molecule has 0 fully saturated rings. The van der Waals surface area contributed by atoms with Crippen molar-refractivity contribution in [1.82, 2.24) is 5.32 Å². The lowest BCUT2D eigenvalue weighted by molar-refractivity contribution is 0.0698. The van der Waals surface area contributed by atoms with Crippen LogP contribution in [-0.4, -0.2) is 23.7 Å². The second-order valence-corrected chi connectivity index (χ2v) is 5.15. The molecule has 0 amide bonds. The summed E-state index contributed by atoms with van der Waals surface area (Å²) < 4.78 is 0. The molecule has 1 atom stereocenters. The maximum atomic E-state index is 11.0. The zero-order valence-electron chi connectivity index (χ0n) is 12.3. The first-order valence-corrected chi connectivity index (χ1v) is 7.10. The fourth-order valence-electron chi connectivity index (χ4n) is 2.09. The van der Waals surface area contributed by atoms with E-state index in [0.717, 1.165) is 24.9 Å². The fraction of sp³-hybridized carbons (Fsp3) is 0.533. The van der Waals surface area contributed by atoms with Gasteiger partial charge in [0, 0.05) is 6.04 Å². The number of carbonyl (C=O) groups is 1. The van der Waals surface area contributed by atoms with Gasteiger partial charge >= 0.3 is 5.97 Å². The molecule has 1 unspecified atom stereocenters. The Morgan fingerprint density at radius 3 is 2.65 bits per heavy atom. The van der Waals surface area contributed by atoms with Gasteiger partial charge in [-0.2, -0.15) is 0 Å². The summed E-state index contributed by atoms with van der Waals surface area (Å²) in [5.74, 6) is -1.05. The lowest BCUT2D eigenvalue weighted by Gasteiger charge is -2.15. The molecule has 0 radical (unpaired) electrons. The fourth-order valence-corrected chi connectivity index (χ4v) is 2.09. The van der Waals surface area contributed by atoms with E-state index in [1.807, 2.05) is 0 Å². The van der Waals surface area contributed by atoms with Crippen LogP contribution in [0.15, 0.2) is 12.1 Å². The van der Waals surface area contributed by atoms with Crippen molar-refractivity contribution >= 4 is 17.3 Å². The van der Waals surface area contributed by atoms with Crippen LogP contribution in [0.5, 0.6) is 0 Å². The van der Waals surface area contributed by atoms with E-state index in [2.05, 4.69) is 19.2 Å². The average molecular weight is 279 g/mol. The standard InChI is InChI=1S/C15H25N3O2/c1-3-4-9-18-10(2)5-6-11-7-8-12(15(19)20)14(17)13(11)16/h7-8,10,18H,3-6,9,16-17H2,1-2H3,(H,19,20). The maximum absolute atomic E-state index is 11.0. The molecule has 5 nitrogen and oxygen atoms in total. The minimum Gasteiger partial charge on any atom is -0.478 e. The van der Waals surface area contributed by atoms with E-state index < -0.39 is 5.97 Å². The van der Waals surface area contributed by atoms with Crippen LogP contribution >= 0.6 is 0 Å². The number of carboxylic acid groups (broad SMARTS) is 1. The van der Waals surface area contributed by atoms with Crippen molar-refractivity contribution < 1.29 is 9.90 Å². The highest BCUT2D eigenvalue weighted by Gasteiger charge is 2.13. The molecule has 0 heterocycles. The summed E-state index contributed by atoms with van der Waals surface area (Å²) in [6, 6.07) is 3.69. The van der Waals surface area contributed by atoms with Crippen LogP contribution in [0, 0.1) is 0 Å². The molecule has 1 aromatic rings. The number of aryl methyl sites for hydroxylation is 1. The summed E-state index contributed by atoms with van der Waals surface area (Å²) in [5, 5.41) is 12.4. The largest absolute Gasteiger partial charge is 0.478 e. The topological polar surface area (TPSA) is 101 Å². The second-order valence-electron chi connectivity index (χ2n) is 5.15. The van der Waals surface area contributed by atoms with Crippen LogP contribution in [0.2, 0.25) is 0 Å². The summed E-state index contributed by atoms with van der Waals surface area (Å²) >= 11 is 0. The molecule has 1 rings (SSSR count). The average Bonchev–Trinajstić information content (AvgIpc) is 2.40. The van der Waals surface area contributed by atoms with Crippen LogP contribution in [0.25, 0.3) is 0 Å². The predicted molar refractivity (Wildman–Crippen MR) is 82.9 cm³/mol. The quantitative estimate of drug-likeness (QED) is 0.432. The minimum absolute atomic E-state index is 0.0698. The van der Waals surface area contributed by atoms with Crippen molar-refractivity contribution in [3.05, 3.63) is 23.3 Å². The molecule has 0 aromatic heterocycles. The number of benzene rings is 1. The number of rotatable bonds is 8. The second kappa shape index (κ2) is 7.75. The van der Waals surface area contributed by atoms with E-state index in [-0.39, 0.29) is 11.3 Å². The highest BCUT2D eigenvalue weighted by Crippen LogP contribution is 2.25. The Bertz CT molecular complexity index is 461. The molecule has 0 saturated heterocycles. The van der Waals surface area contributed by atoms with Gasteiger partial charge in [-0.1, -0.05) is 19.4 Å². The zero-order valence-corrected chi connectivity index (χ0v) is 12.3. The SMILES string of the molecule is CCCCNC(C)CCc1ccc(C(=O)O)c(N)c1N. The number of nitrogen functional groups attached to an aromatic ring is 2. The van der Waals surface area contributed by atoms with E-state index in [1.54, 1.807) is 6.07 Å². The molecule has 1 aromatic carbocycles. The van der Waals surface area contributed by atoms with E-state index in [1.165, 1.54) is 18.9 Å². The number of anilines is 2. The Balaban J connectivity index is 2.61. The van der Waals surface area contributed by atoms with Crippen molar-refractivity contribution in [2.45, 2.75) is 45.6 Å². The van der Waals surface area contributed by atoms with Crippen molar-refractivity contribution in [3.63, 3.8) is 0 Å². The van der Waals surface area contributed by atoms with Crippen molar-refractivity contribution in [3.8, 4) is 0 Å². The Hall–Kier alpha value is -1.75. The van der Waals surface area contributed by atoms with Crippen LogP contribution in [-0.2, 0) is 6.42 Å². The number of aromatic carboxylic acids is 1. The molecule has 0 bridgehead atoms. The van der Waals surface area contributed by atoms with Gasteiger partial charge in [0.25, 0.3) is 0 Å². The Morgan fingerprint density at radius 1 is 1.35 bits per heavy atom. The van der Waals surface area contributed by atoms with Gasteiger partial charge in [-0.05, 0) is 44.4 Å². The smallest absolute Gasteiger partial charge is 0.337 e. The van der Waals surface area contributed by atoms with E-state index >= 15 is 0 Å². The summed E-state index contributed by atoms with van der Waals surface area (Å²) in [6.07, 6.45) is 4.09. The number of carboxylic acids is 1. The molecule has 0 aliphatic rings. The predicted octanol–water partition coefficient (Wildman–Crippen LogP) is 2.26. The monoisotopic (exact) mass is 279 g/mol. The first-order chi connectivity index (χ1) is 9.47. The first-order valence-electron chi connectivity index (χ1n) is 7.10. The third-order valence-corrected chi connectivity index (χ3v) is 3.48. The third kappa shape index (κ3) is 4.42. The summed E-state index contributed by atoms with van der Waals surface area (Å²) in [7, 11) is 0. The number of unbranched alkanes of at least 4 members (excludes halogenated alkanes) is 1. The summed E-state index contributed by atoms with van der Waals surface area (Å²) in [6.45, 7) is 5.33. The Labute approximate surface area is 120 Å². The number of hydrogen-bond acceptors (Lipinski definition) is 4. The van der Waals surface area contributed by atoms with Crippen molar-refractivity contribution in [2.24, 2.45) is 0 Å². The van der Waals surface area contributed by atoms with Gasteiger partial charge in [-0.25, -0.2) is 4.79 Å². The van der Waals surface area contributed by atoms with Gasteiger partial charge in [-0.3, -0.25) is 0 Å².